The highest BCUT2D eigenvalue weighted by Gasteiger charge is 2.29. The van der Waals surface area contributed by atoms with Gasteiger partial charge in [0, 0.05) is 30.4 Å². The number of anilines is 2. The minimum absolute atomic E-state index is 0.178. The van der Waals surface area contributed by atoms with Crippen LogP contribution in [-0.2, 0) is 14.6 Å². The van der Waals surface area contributed by atoms with Gasteiger partial charge in [0.1, 0.15) is 0 Å². The lowest BCUT2D eigenvalue weighted by Gasteiger charge is -2.22. The molecular formula is C22H26N2O4S. The zero-order valence-electron chi connectivity index (χ0n) is 16.7. The van der Waals surface area contributed by atoms with E-state index in [1.54, 1.807) is 48.5 Å². The molecule has 6 nitrogen and oxygen atoms in total. The fraction of sp³-hybridized carbons (Fsp3) is 0.364. The van der Waals surface area contributed by atoms with E-state index in [1.807, 2.05) is 6.92 Å². The standard InChI is InChI=1S/C22H26N2O4S/c1-3-13-23-22(26)18-5-4-6-20(14-18)24(16(2)25)19-9-11-21(12-10-19)29(27,28)15-17-7-8-17/h4-6,9-12,14,17H,3,7-8,13,15H2,1-2H3,(H,23,26). The molecule has 3 rings (SSSR count). The minimum Gasteiger partial charge on any atom is -0.352 e. The number of nitrogens with one attached hydrogen (secondary N) is 1. The Hall–Kier alpha value is -2.67. The number of sulfone groups is 1. The van der Waals surface area contributed by atoms with Gasteiger partial charge in [-0.2, -0.15) is 0 Å². The van der Waals surface area contributed by atoms with Gasteiger partial charge in [-0.25, -0.2) is 8.42 Å². The van der Waals surface area contributed by atoms with Gasteiger partial charge in [-0.05, 0) is 67.6 Å². The predicted molar refractivity (Wildman–Crippen MR) is 113 cm³/mol. The van der Waals surface area contributed by atoms with Crippen molar-refractivity contribution in [2.75, 3.05) is 17.2 Å². The molecule has 0 spiro atoms. The second kappa shape index (κ2) is 8.78. The molecular weight excluding hydrogens is 388 g/mol. The minimum atomic E-state index is -3.31. The molecule has 7 heteroatoms. The Morgan fingerprint density at radius 2 is 1.76 bits per heavy atom. The van der Waals surface area contributed by atoms with Crippen LogP contribution >= 0.6 is 0 Å². The van der Waals surface area contributed by atoms with Gasteiger partial charge in [0.2, 0.25) is 5.91 Å². The molecule has 2 amide bonds. The Balaban J connectivity index is 1.86. The molecule has 29 heavy (non-hydrogen) atoms. The van der Waals surface area contributed by atoms with Gasteiger partial charge in [-0.15, -0.1) is 0 Å². The summed E-state index contributed by atoms with van der Waals surface area (Å²) in [5.41, 5.74) is 1.56. The smallest absolute Gasteiger partial charge is 0.251 e. The number of benzene rings is 2. The first-order chi connectivity index (χ1) is 13.8. The second-order valence-corrected chi connectivity index (χ2v) is 9.41. The lowest BCUT2D eigenvalue weighted by atomic mass is 10.1. The van der Waals surface area contributed by atoms with Crippen molar-refractivity contribution >= 4 is 33.0 Å². The van der Waals surface area contributed by atoms with Crippen molar-refractivity contribution in [1.82, 2.24) is 5.32 Å². The molecule has 0 bridgehead atoms. The average molecular weight is 415 g/mol. The quantitative estimate of drug-likeness (QED) is 0.714. The average Bonchev–Trinajstić information content (AvgIpc) is 3.50. The van der Waals surface area contributed by atoms with Crippen LogP contribution in [0.3, 0.4) is 0 Å². The number of carbonyl (C=O) groups is 2. The van der Waals surface area contributed by atoms with E-state index in [9.17, 15) is 18.0 Å². The van der Waals surface area contributed by atoms with E-state index in [0.717, 1.165) is 19.3 Å². The van der Waals surface area contributed by atoms with E-state index in [2.05, 4.69) is 5.32 Å². The summed E-state index contributed by atoms with van der Waals surface area (Å²) in [5.74, 6) is 0.0240. The molecule has 0 atom stereocenters. The first-order valence-electron chi connectivity index (χ1n) is 9.83. The van der Waals surface area contributed by atoms with Crippen LogP contribution in [0.2, 0.25) is 0 Å². The summed E-state index contributed by atoms with van der Waals surface area (Å²) in [4.78, 5) is 26.3. The topological polar surface area (TPSA) is 83.6 Å². The van der Waals surface area contributed by atoms with Crippen molar-refractivity contribution in [3.63, 3.8) is 0 Å². The summed E-state index contributed by atoms with van der Waals surface area (Å²) in [6.07, 6.45) is 2.77. The summed E-state index contributed by atoms with van der Waals surface area (Å²) in [6.45, 7) is 3.99. The van der Waals surface area contributed by atoms with Crippen LogP contribution in [0, 0.1) is 5.92 Å². The van der Waals surface area contributed by atoms with Crippen molar-refractivity contribution in [3.8, 4) is 0 Å². The highest BCUT2D eigenvalue weighted by Crippen LogP contribution is 2.33. The fourth-order valence-corrected chi connectivity index (χ4v) is 4.83. The first kappa shape index (κ1) is 21.0. The number of carbonyl (C=O) groups excluding carboxylic acids is 2. The van der Waals surface area contributed by atoms with Crippen LogP contribution in [0.5, 0.6) is 0 Å². The number of hydrogen-bond donors (Lipinski definition) is 1. The van der Waals surface area contributed by atoms with E-state index < -0.39 is 9.84 Å². The van der Waals surface area contributed by atoms with E-state index >= 15 is 0 Å². The van der Waals surface area contributed by atoms with Crippen LogP contribution in [0.1, 0.15) is 43.5 Å². The molecule has 1 aliphatic rings. The molecule has 0 saturated heterocycles. The normalized spacial score (nSPS) is 13.7. The molecule has 1 fully saturated rings. The number of hydrogen-bond acceptors (Lipinski definition) is 4. The zero-order valence-corrected chi connectivity index (χ0v) is 17.5. The molecule has 1 saturated carbocycles. The maximum atomic E-state index is 12.4. The lowest BCUT2D eigenvalue weighted by Crippen LogP contribution is -2.26. The van der Waals surface area contributed by atoms with Crippen LogP contribution < -0.4 is 10.2 Å². The Bertz CT molecular complexity index is 996. The lowest BCUT2D eigenvalue weighted by molar-refractivity contribution is -0.115. The molecule has 154 valence electrons. The molecule has 0 radical (unpaired) electrons. The van der Waals surface area contributed by atoms with Gasteiger partial charge < -0.3 is 5.32 Å². The van der Waals surface area contributed by atoms with Crippen molar-refractivity contribution < 1.29 is 18.0 Å². The molecule has 1 aliphatic carbocycles. The Morgan fingerprint density at radius 1 is 1.07 bits per heavy atom. The third-order valence-electron chi connectivity index (χ3n) is 4.82. The van der Waals surface area contributed by atoms with Crippen molar-refractivity contribution in [2.24, 2.45) is 5.92 Å². The highest BCUT2D eigenvalue weighted by molar-refractivity contribution is 7.91. The predicted octanol–water partition coefficient (Wildman–Crippen LogP) is 3.69. The van der Waals surface area contributed by atoms with Crippen molar-refractivity contribution in [1.29, 1.82) is 0 Å². The zero-order chi connectivity index (χ0) is 21.0. The van der Waals surface area contributed by atoms with E-state index in [-0.39, 0.29) is 28.4 Å². The third-order valence-corrected chi connectivity index (χ3v) is 6.72. The van der Waals surface area contributed by atoms with Gasteiger partial charge in [0.15, 0.2) is 9.84 Å². The van der Waals surface area contributed by atoms with Gasteiger partial charge in [-0.1, -0.05) is 13.0 Å². The summed E-state index contributed by atoms with van der Waals surface area (Å²) in [5, 5.41) is 2.82. The number of rotatable bonds is 8. The van der Waals surface area contributed by atoms with Gasteiger partial charge in [0.05, 0.1) is 10.6 Å². The van der Waals surface area contributed by atoms with Crippen molar-refractivity contribution in [3.05, 3.63) is 54.1 Å². The SMILES string of the molecule is CCCNC(=O)c1cccc(N(C(C)=O)c2ccc(S(=O)(=O)CC3CC3)cc2)c1. The van der Waals surface area contributed by atoms with Gasteiger partial charge in [0.25, 0.3) is 5.91 Å². The van der Waals surface area contributed by atoms with E-state index in [0.29, 0.717) is 23.5 Å². The molecule has 0 aromatic heterocycles. The summed E-state index contributed by atoms with van der Waals surface area (Å²) in [6, 6.07) is 13.2. The largest absolute Gasteiger partial charge is 0.352 e. The number of nitrogens with zero attached hydrogens (tertiary/aromatic N) is 1. The summed E-state index contributed by atoms with van der Waals surface area (Å²) >= 11 is 0. The van der Waals surface area contributed by atoms with Gasteiger partial charge >= 0.3 is 0 Å². The van der Waals surface area contributed by atoms with Gasteiger partial charge in [-0.3, -0.25) is 14.5 Å². The fourth-order valence-electron chi connectivity index (χ4n) is 3.13. The Kier molecular flexibility index (Phi) is 6.37. The number of amides is 2. The molecule has 2 aromatic rings. The molecule has 0 heterocycles. The second-order valence-electron chi connectivity index (χ2n) is 7.38. The molecule has 0 unspecified atom stereocenters. The van der Waals surface area contributed by atoms with E-state index in [4.69, 9.17) is 0 Å². The van der Waals surface area contributed by atoms with Crippen LogP contribution in [0.15, 0.2) is 53.4 Å². The molecule has 1 N–H and O–H groups in total. The monoisotopic (exact) mass is 414 g/mol. The summed E-state index contributed by atoms with van der Waals surface area (Å²) in [7, 11) is -3.31. The maximum Gasteiger partial charge on any atom is 0.251 e. The van der Waals surface area contributed by atoms with Crippen LogP contribution in [-0.4, -0.2) is 32.5 Å². The van der Waals surface area contributed by atoms with Crippen LogP contribution in [0.4, 0.5) is 11.4 Å². The van der Waals surface area contributed by atoms with E-state index in [1.165, 1.54) is 11.8 Å². The Morgan fingerprint density at radius 3 is 2.34 bits per heavy atom. The first-order valence-corrected chi connectivity index (χ1v) is 11.5. The van der Waals surface area contributed by atoms with Crippen LogP contribution in [0.25, 0.3) is 0 Å². The van der Waals surface area contributed by atoms with Crippen molar-refractivity contribution in [2.45, 2.75) is 38.0 Å². The highest BCUT2D eigenvalue weighted by atomic mass is 32.2. The summed E-state index contributed by atoms with van der Waals surface area (Å²) < 4.78 is 24.9. The Labute approximate surface area is 171 Å². The molecule has 0 aliphatic heterocycles. The molecule has 2 aromatic carbocycles. The third kappa shape index (κ3) is 5.23. The maximum absolute atomic E-state index is 12.4.